The number of anilines is 2. The highest BCUT2D eigenvalue weighted by Gasteiger charge is 1.96. The van der Waals surface area contributed by atoms with Crippen molar-refractivity contribution in [2.75, 3.05) is 11.5 Å². The quantitative estimate of drug-likeness (QED) is 0.595. The van der Waals surface area contributed by atoms with Crippen molar-refractivity contribution >= 4 is 47.2 Å². The van der Waals surface area contributed by atoms with E-state index in [1.165, 1.54) is 0 Å². The Labute approximate surface area is 88.3 Å². The Kier molecular flexibility index (Phi) is 3.91. The maximum Gasteiger partial charge on any atom is 0.101 e. The van der Waals surface area contributed by atoms with E-state index in [9.17, 15) is 0 Å². The van der Waals surface area contributed by atoms with Gasteiger partial charge in [0.15, 0.2) is 0 Å². The van der Waals surface area contributed by atoms with E-state index in [0.717, 1.165) is 16.6 Å². The number of rotatable bonds is 0. The highest BCUT2D eigenvalue weighted by molar-refractivity contribution is 5.86. The minimum atomic E-state index is 0. The Balaban J connectivity index is 0.000000720. The summed E-state index contributed by atoms with van der Waals surface area (Å²) in [7, 11) is 0. The molecular formula is C8H11Cl2N3. The summed E-state index contributed by atoms with van der Waals surface area (Å²) in [5.41, 5.74) is 12.9. The molecule has 0 saturated carbocycles. The standard InChI is InChI=1S/C8H9N3.2ClH/c9-6-2-1-5-3-8(10)11-7(5)4-6;;/h1-4,11H,9-10H2;2*1H. The van der Waals surface area contributed by atoms with Gasteiger partial charge in [0.1, 0.15) is 5.82 Å². The number of aromatic nitrogens is 1. The van der Waals surface area contributed by atoms with Gasteiger partial charge in [0.25, 0.3) is 0 Å². The third kappa shape index (κ3) is 2.20. The SMILES string of the molecule is Cl.Cl.Nc1ccc2cc(N)[nH]c2c1. The van der Waals surface area contributed by atoms with Crippen LogP contribution in [0.3, 0.4) is 0 Å². The number of hydrogen-bond donors (Lipinski definition) is 3. The normalized spacial score (nSPS) is 8.92. The number of hydrogen-bond acceptors (Lipinski definition) is 2. The lowest BCUT2D eigenvalue weighted by Crippen LogP contribution is -1.83. The van der Waals surface area contributed by atoms with Crippen molar-refractivity contribution in [3.05, 3.63) is 24.3 Å². The van der Waals surface area contributed by atoms with Crippen molar-refractivity contribution in [1.82, 2.24) is 4.98 Å². The Morgan fingerprint density at radius 1 is 1.00 bits per heavy atom. The molecule has 1 aromatic carbocycles. The predicted molar refractivity (Wildman–Crippen MR) is 61.6 cm³/mol. The van der Waals surface area contributed by atoms with E-state index < -0.39 is 0 Å². The van der Waals surface area contributed by atoms with Crippen LogP contribution in [-0.4, -0.2) is 4.98 Å². The molecule has 0 aliphatic heterocycles. The van der Waals surface area contributed by atoms with Crippen LogP contribution in [0.2, 0.25) is 0 Å². The van der Waals surface area contributed by atoms with E-state index in [1.807, 2.05) is 24.3 Å². The van der Waals surface area contributed by atoms with Gasteiger partial charge in [-0.3, -0.25) is 0 Å². The van der Waals surface area contributed by atoms with Gasteiger partial charge in [-0.15, -0.1) is 24.8 Å². The van der Waals surface area contributed by atoms with Crippen LogP contribution in [0.4, 0.5) is 11.5 Å². The molecule has 3 nitrogen and oxygen atoms in total. The van der Waals surface area contributed by atoms with Crippen molar-refractivity contribution in [3.63, 3.8) is 0 Å². The lowest BCUT2D eigenvalue weighted by atomic mass is 10.2. The van der Waals surface area contributed by atoms with Gasteiger partial charge in [0.05, 0.1) is 0 Å². The average molecular weight is 220 g/mol. The summed E-state index contributed by atoms with van der Waals surface area (Å²) in [6.07, 6.45) is 0. The molecule has 5 N–H and O–H groups in total. The number of aromatic amines is 1. The number of halogens is 2. The van der Waals surface area contributed by atoms with Crippen molar-refractivity contribution in [2.45, 2.75) is 0 Å². The van der Waals surface area contributed by atoms with Gasteiger partial charge in [-0.25, -0.2) is 0 Å². The highest BCUT2D eigenvalue weighted by Crippen LogP contribution is 2.18. The molecular weight excluding hydrogens is 209 g/mol. The lowest BCUT2D eigenvalue weighted by molar-refractivity contribution is 1.47. The molecule has 0 aliphatic carbocycles. The van der Waals surface area contributed by atoms with Gasteiger partial charge in [-0.05, 0) is 18.2 Å². The summed E-state index contributed by atoms with van der Waals surface area (Å²) in [6, 6.07) is 7.55. The first-order chi connectivity index (χ1) is 5.25. The van der Waals surface area contributed by atoms with E-state index in [0.29, 0.717) is 5.82 Å². The molecule has 2 aromatic rings. The van der Waals surface area contributed by atoms with Crippen LogP contribution in [0.15, 0.2) is 24.3 Å². The largest absolute Gasteiger partial charge is 0.399 e. The molecule has 13 heavy (non-hydrogen) atoms. The second kappa shape index (κ2) is 4.25. The molecule has 0 fully saturated rings. The number of nitrogen functional groups attached to an aromatic ring is 2. The molecule has 0 bridgehead atoms. The van der Waals surface area contributed by atoms with Crippen LogP contribution in [0, 0.1) is 0 Å². The van der Waals surface area contributed by atoms with Gasteiger partial charge < -0.3 is 16.5 Å². The molecule has 0 saturated heterocycles. The molecule has 1 heterocycles. The third-order valence-corrected chi connectivity index (χ3v) is 1.67. The second-order valence-corrected chi connectivity index (χ2v) is 2.57. The summed E-state index contributed by atoms with van der Waals surface area (Å²) < 4.78 is 0. The van der Waals surface area contributed by atoms with Crippen LogP contribution in [0.1, 0.15) is 0 Å². The van der Waals surface area contributed by atoms with Gasteiger partial charge >= 0.3 is 0 Å². The predicted octanol–water partition coefficient (Wildman–Crippen LogP) is 2.18. The smallest absolute Gasteiger partial charge is 0.101 e. The van der Waals surface area contributed by atoms with Crippen LogP contribution in [-0.2, 0) is 0 Å². The summed E-state index contributed by atoms with van der Waals surface area (Å²) in [4.78, 5) is 3.00. The maximum absolute atomic E-state index is 5.57. The number of nitrogens with two attached hydrogens (primary N) is 2. The minimum absolute atomic E-state index is 0. The summed E-state index contributed by atoms with van der Waals surface area (Å²) in [5, 5.41) is 1.09. The van der Waals surface area contributed by atoms with Crippen molar-refractivity contribution in [1.29, 1.82) is 0 Å². The topological polar surface area (TPSA) is 67.8 Å². The highest BCUT2D eigenvalue weighted by atomic mass is 35.5. The molecule has 0 amide bonds. The van der Waals surface area contributed by atoms with Crippen molar-refractivity contribution < 1.29 is 0 Å². The second-order valence-electron chi connectivity index (χ2n) is 2.57. The van der Waals surface area contributed by atoms with Crippen LogP contribution < -0.4 is 11.5 Å². The average Bonchev–Trinajstić information content (AvgIpc) is 2.27. The first-order valence-corrected chi connectivity index (χ1v) is 3.39. The van der Waals surface area contributed by atoms with E-state index in [2.05, 4.69) is 4.98 Å². The van der Waals surface area contributed by atoms with E-state index in [-0.39, 0.29) is 24.8 Å². The first kappa shape index (κ1) is 11.9. The number of fused-ring (bicyclic) bond motifs is 1. The molecule has 72 valence electrons. The zero-order valence-electron chi connectivity index (χ0n) is 6.78. The fourth-order valence-corrected chi connectivity index (χ4v) is 1.17. The Morgan fingerprint density at radius 2 is 1.69 bits per heavy atom. The molecule has 0 unspecified atom stereocenters. The van der Waals surface area contributed by atoms with E-state index >= 15 is 0 Å². The monoisotopic (exact) mass is 219 g/mol. The molecule has 5 heteroatoms. The van der Waals surface area contributed by atoms with Gasteiger partial charge in [-0.2, -0.15) is 0 Å². The minimum Gasteiger partial charge on any atom is -0.399 e. The first-order valence-electron chi connectivity index (χ1n) is 3.39. The number of benzene rings is 1. The molecule has 0 radical (unpaired) electrons. The van der Waals surface area contributed by atoms with Crippen LogP contribution in [0.5, 0.6) is 0 Å². The fraction of sp³-hybridized carbons (Fsp3) is 0. The molecule has 2 rings (SSSR count). The Hall–Kier alpha value is -1.06. The summed E-state index contributed by atoms with van der Waals surface area (Å²) in [6.45, 7) is 0. The molecule has 0 atom stereocenters. The maximum atomic E-state index is 5.57. The van der Waals surface area contributed by atoms with Crippen LogP contribution >= 0.6 is 24.8 Å². The Bertz CT molecular complexity index is 397. The van der Waals surface area contributed by atoms with E-state index in [4.69, 9.17) is 11.5 Å². The number of H-pyrrole nitrogens is 1. The third-order valence-electron chi connectivity index (χ3n) is 1.67. The lowest BCUT2D eigenvalue weighted by Gasteiger charge is -1.90. The summed E-state index contributed by atoms with van der Waals surface area (Å²) >= 11 is 0. The zero-order valence-corrected chi connectivity index (χ0v) is 8.41. The summed E-state index contributed by atoms with van der Waals surface area (Å²) in [5.74, 6) is 0.672. The van der Waals surface area contributed by atoms with Gasteiger partial charge in [0.2, 0.25) is 0 Å². The molecule has 0 aliphatic rings. The molecule has 0 spiro atoms. The Morgan fingerprint density at radius 3 is 2.38 bits per heavy atom. The van der Waals surface area contributed by atoms with E-state index in [1.54, 1.807) is 0 Å². The number of nitrogens with one attached hydrogen (secondary N) is 1. The van der Waals surface area contributed by atoms with Crippen molar-refractivity contribution in [2.24, 2.45) is 0 Å². The van der Waals surface area contributed by atoms with Crippen molar-refractivity contribution in [3.8, 4) is 0 Å². The van der Waals surface area contributed by atoms with Gasteiger partial charge in [-0.1, -0.05) is 6.07 Å². The van der Waals surface area contributed by atoms with Crippen LogP contribution in [0.25, 0.3) is 10.9 Å². The van der Waals surface area contributed by atoms with Gasteiger partial charge in [0, 0.05) is 16.6 Å². The zero-order chi connectivity index (χ0) is 7.84. The molecule has 1 aromatic heterocycles. The fourth-order valence-electron chi connectivity index (χ4n) is 1.17.